The molecule has 0 aromatic heterocycles. The van der Waals surface area contributed by atoms with Crippen LogP contribution in [0.25, 0.3) is 16.5 Å². The molecule has 0 radical (unpaired) electrons. The molecule has 13 heavy (non-hydrogen) atoms. The average Bonchev–Trinajstić information content (AvgIpc) is 2.13. The number of azide groups is 1. The van der Waals surface area contributed by atoms with Crippen molar-refractivity contribution in [3.63, 3.8) is 0 Å². The van der Waals surface area contributed by atoms with E-state index in [1.165, 1.54) is 3.57 Å². The van der Waals surface area contributed by atoms with Crippen molar-refractivity contribution in [3.8, 4) is 0 Å². The summed E-state index contributed by atoms with van der Waals surface area (Å²) in [6.45, 7) is 0.405. The number of nitrogens with zero attached hydrogens (tertiary/aromatic N) is 3. The molecule has 0 aliphatic heterocycles. The van der Waals surface area contributed by atoms with E-state index < -0.39 is 0 Å². The van der Waals surface area contributed by atoms with Gasteiger partial charge >= 0.3 is 0 Å². The Hall–Kier alpha value is -1.000. The van der Waals surface area contributed by atoms with E-state index in [2.05, 4.69) is 38.7 Å². The molecule has 3 nitrogen and oxygen atoms in total. The topological polar surface area (TPSA) is 48.8 Å². The zero-order valence-electron chi connectivity index (χ0n) is 6.89. The molecular weight excluding hydrogens is 277 g/mol. The highest BCUT2D eigenvalue weighted by atomic mass is 127. The summed E-state index contributed by atoms with van der Waals surface area (Å²) >= 11 is 2.26. The molecule has 4 heteroatoms. The standard InChI is InChI=1S/C9H8IN3/c10-9-5-1-3-8(7-9)4-2-6-12-13-11/h1-5,7H,6H2. The van der Waals surface area contributed by atoms with E-state index >= 15 is 0 Å². The molecule has 66 valence electrons. The molecule has 0 amide bonds. The summed E-state index contributed by atoms with van der Waals surface area (Å²) in [4.78, 5) is 2.66. The summed E-state index contributed by atoms with van der Waals surface area (Å²) in [6.07, 6.45) is 3.78. The third-order valence-corrected chi connectivity index (χ3v) is 2.08. The second-order valence-electron chi connectivity index (χ2n) is 2.37. The molecule has 0 unspecified atom stereocenters. The number of hydrogen-bond acceptors (Lipinski definition) is 1. The first-order valence-electron chi connectivity index (χ1n) is 3.76. The van der Waals surface area contributed by atoms with Crippen molar-refractivity contribution in [2.24, 2.45) is 5.11 Å². The Balaban J connectivity index is 2.63. The second-order valence-corrected chi connectivity index (χ2v) is 3.62. The summed E-state index contributed by atoms with van der Waals surface area (Å²) in [5.41, 5.74) is 9.16. The highest BCUT2D eigenvalue weighted by Crippen LogP contribution is 2.08. The Kier molecular flexibility index (Phi) is 4.35. The van der Waals surface area contributed by atoms with Gasteiger partial charge in [-0.15, -0.1) is 0 Å². The lowest BCUT2D eigenvalue weighted by Gasteiger charge is -1.92. The van der Waals surface area contributed by atoms with Gasteiger partial charge in [-0.1, -0.05) is 29.4 Å². The first-order valence-corrected chi connectivity index (χ1v) is 4.84. The van der Waals surface area contributed by atoms with Crippen LogP contribution in [0.5, 0.6) is 0 Å². The van der Waals surface area contributed by atoms with E-state index in [1.54, 1.807) is 0 Å². The molecule has 0 saturated carbocycles. The van der Waals surface area contributed by atoms with Crippen molar-refractivity contribution in [1.82, 2.24) is 0 Å². The molecule has 0 N–H and O–H groups in total. The highest BCUT2D eigenvalue weighted by Gasteiger charge is 1.86. The van der Waals surface area contributed by atoms with Gasteiger partial charge in [0.25, 0.3) is 0 Å². The highest BCUT2D eigenvalue weighted by molar-refractivity contribution is 14.1. The van der Waals surface area contributed by atoms with E-state index in [0.717, 1.165) is 5.56 Å². The minimum atomic E-state index is 0.405. The minimum Gasteiger partial charge on any atom is -0.0899 e. The third kappa shape index (κ3) is 3.96. The first kappa shape index (κ1) is 10.1. The maximum Gasteiger partial charge on any atom is 0.0443 e. The Morgan fingerprint density at radius 1 is 1.54 bits per heavy atom. The van der Waals surface area contributed by atoms with Crippen LogP contribution in [0.4, 0.5) is 0 Å². The summed E-state index contributed by atoms with van der Waals surface area (Å²) in [6, 6.07) is 8.10. The maximum atomic E-state index is 8.03. The summed E-state index contributed by atoms with van der Waals surface area (Å²) in [5.74, 6) is 0. The van der Waals surface area contributed by atoms with Gasteiger partial charge in [0.05, 0.1) is 0 Å². The van der Waals surface area contributed by atoms with E-state index in [0.29, 0.717) is 6.54 Å². The molecule has 0 fully saturated rings. The third-order valence-electron chi connectivity index (χ3n) is 1.41. The maximum absolute atomic E-state index is 8.03. The van der Waals surface area contributed by atoms with Crippen LogP contribution in [-0.4, -0.2) is 6.54 Å². The molecule has 1 aromatic carbocycles. The predicted molar refractivity (Wildman–Crippen MR) is 62.2 cm³/mol. The molecule has 0 heterocycles. The fourth-order valence-corrected chi connectivity index (χ4v) is 1.45. The number of rotatable bonds is 3. The molecule has 0 bridgehead atoms. The zero-order valence-corrected chi connectivity index (χ0v) is 9.05. The summed E-state index contributed by atoms with van der Waals surface area (Å²) < 4.78 is 1.20. The van der Waals surface area contributed by atoms with Gasteiger partial charge in [-0.05, 0) is 45.8 Å². The molecular formula is C9H8IN3. The number of hydrogen-bond donors (Lipinski definition) is 0. The van der Waals surface area contributed by atoms with Crippen LogP contribution in [0.1, 0.15) is 5.56 Å². The lowest BCUT2D eigenvalue weighted by atomic mass is 10.2. The van der Waals surface area contributed by atoms with E-state index in [4.69, 9.17) is 5.53 Å². The van der Waals surface area contributed by atoms with Crippen LogP contribution < -0.4 is 0 Å². The van der Waals surface area contributed by atoms with E-state index in [1.807, 2.05) is 30.4 Å². The van der Waals surface area contributed by atoms with Crippen molar-refractivity contribution < 1.29 is 0 Å². The minimum absolute atomic E-state index is 0.405. The van der Waals surface area contributed by atoms with Crippen LogP contribution >= 0.6 is 22.6 Å². The van der Waals surface area contributed by atoms with Gasteiger partial charge in [-0.2, -0.15) is 0 Å². The van der Waals surface area contributed by atoms with Crippen LogP contribution in [0, 0.1) is 3.57 Å². The van der Waals surface area contributed by atoms with Crippen LogP contribution in [0.3, 0.4) is 0 Å². The SMILES string of the molecule is [N-]=[N+]=NCC=Cc1cccc(I)c1. The summed E-state index contributed by atoms with van der Waals surface area (Å²) in [5, 5.41) is 3.40. The quantitative estimate of drug-likeness (QED) is 0.352. The predicted octanol–water partition coefficient (Wildman–Crippen LogP) is 3.61. The van der Waals surface area contributed by atoms with Gasteiger partial charge in [0.15, 0.2) is 0 Å². The van der Waals surface area contributed by atoms with Crippen molar-refractivity contribution in [3.05, 3.63) is 49.9 Å². The van der Waals surface area contributed by atoms with Gasteiger partial charge in [0.2, 0.25) is 0 Å². The molecule has 0 aliphatic rings. The lowest BCUT2D eigenvalue weighted by molar-refractivity contribution is 1.22. The van der Waals surface area contributed by atoms with E-state index in [9.17, 15) is 0 Å². The largest absolute Gasteiger partial charge is 0.0899 e. The molecule has 0 atom stereocenters. The number of benzene rings is 1. The fraction of sp³-hybridized carbons (Fsp3) is 0.111. The molecule has 0 aliphatic carbocycles. The Morgan fingerprint density at radius 3 is 3.08 bits per heavy atom. The van der Waals surface area contributed by atoms with E-state index in [-0.39, 0.29) is 0 Å². The lowest BCUT2D eigenvalue weighted by Crippen LogP contribution is -1.74. The average molecular weight is 285 g/mol. The van der Waals surface area contributed by atoms with Gasteiger partial charge < -0.3 is 0 Å². The Morgan fingerprint density at radius 2 is 2.38 bits per heavy atom. The van der Waals surface area contributed by atoms with Crippen LogP contribution in [0.2, 0.25) is 0 Å². The summed E-state index contributed by atoms with van der Waals surface area (Å²) in [7, 11) is 0. The molecule has 1 rings (SSSR count). The molecule has 1 aromatic rings. The normalized spacial score (nSPS) is 9.92. The van der Waals surface area contributed by atoms with Crippen LogP contribution in [-0.2, 0) is 0 Å². The number of halogens is 1. The fourth-order valence-electron chi connectivity index (χ4n) is 0.883. The van der Waals surface area contributed by atoms with Crippen molar-refractivity contribution in [1.29, 1.82) is 0 Å². The van der Waals surface area contributed by atoms with Crippen LogP contribution in [0.15, 0.2) is 35.5 Å². The van der Waals surface area contributed by atoms with Crippen molar-refractivity contribution in [2.75, 3.05) is 6.54 Å². The van der Waals surface area contributed by atoms with Gasteiger partial charge in [0.1, 0.15) is 0 Å². The Bertz CT molecular complexity index is 354. The molecule has 0 spiro atoms. The zero-order chi connectivity index (χ0) is 9.52. The van der Waals surface area contributed by atoms with Gasteiger partial charge in [-0.25, -0.2) is 0 Å². The smallest absolute Gasteiger partial charge is 0.0443 e. The van der Waals surface area contributed by atoms with Crippen molar-refractivity contribution in [2.45, 2.75) is 0 Å². The molecule has 0 saturated heterocycles. The second kappa shape index (κ2) is 5.61. The van der Waals surface area contributed by atoms with Gasteiger partial charge in [0, 0.05) is 15.0 Å². The van der Waals surface area contributed by atoms with Crippen molar-refractivity contribution >= 4 is 28.7 Å². The first-order chi connectivity index (χ1) is 6.33. The Labute approximate surface area is 90.2 Å². The van der Waals surface area contributed by atoms with Gasteiger partial charge in [-0.3, -0.25) is 0 Å². The monoisotopic (exact) mass is 285 g/mol.